The van der Waals surface area contributed by atoms with Gasteiger partial charge < -0.3 is 9.15 Å². The summed E-state index contributed by atoms with van der Waals surface area (Å²) in [6, 6.07) is 7.39. The molecule has 10 heteroatoms. The molecule has 1 aliphatic rings. The van der Waals surface area contributed by atoms with Crippen LogP contribution in [-0.2, 0) is 10.0 Å². The largest absolute Gasteiger partial charge is 0.573 e. The number of piperidine rings is 1. The van der Waals surface area contributed by atoms with Gasteiger partial charge in [-0.2, -0.15) is 0 Å². The molecule has 0 radical (unpaired) electrons. The average molecular weight is 432 g/mol. The molecule has 1 aliphatic heterocycles. The maximum Gasteiger partial charge on any atom is 0.573 e. The fourth-order valence-corrected chi connectivity index (χ4v) is 4.36. The Morgan fingerprint density at radius 3 is 2.41 bits per heavy atom. The van der Waals surface area contributed by atoms with E-state index in [1.54, 1.807) is 18.4 Å². The van der Waals surface area contributed by atoms with Crippen LogP contribution in [0.2, 0.25) is 0 Å². The van der Waals surface area contributed by atoms with Crippen molar-refractivity contribution >= 4 is 10.0 Å². The third kappa shape index (κ3) is 5.97. The van der Waals surface area contributed by atoms with Gasteiger partial charge in [0.25, 0.3) is 0 Å². The number of sulfonamides is 1. The Bertz CT molecular complexity index is 875. The molecule has 3 rings (SSSR count). The van der Waals surface area contributed by atoms with Crippen LogP contribution >= 0.6 is 0 Å². The first-order valence-electron chi connectivity index (χ1n) is 9.27. The Kier molecular flexibility index (Phi) is 6.55. The second kappa shape index (κ2) is 8.76. The van der Waals surface area contributed by atoms with Crippen molar-refractivity contribution in [3.63, 3.8) is 0 Å². The lowest BCUT2D eigenvalue weighted by molar-refractivity contribution is -0.274. The molecular weight excluding hydrogens is 409 g/mol. The normalized spacial score (nSPS) is 17.9. The van der Waals surface area contributed by atoms with Gasteiger partial charge in [-0.05, 0) is 68.2 Å². The Balaban J connectivity index is 1.69. The SMILES string of the molecule is CC1CCN(C(CNS(=O)(=O)c2ccc(OC(F)(F)F)cc2)c2ccco2)CC1. The molecule has 0 spiro atoms. The number of furan rings is 1. The lowest BCUT2D eigenvalue weighted by atomic mass is 9.97. The van der Waals surface area contributed by atoms with Gasteiger partial charge in [0.1, 0.15) is 11.5 Å². The van der Waals surface area contributed by atoms with Gasteiger partial charge in [-0.1, -0.05) is 6.92 Å². The van der Waals surface area contributed by atoms with Gasteiger partial charge in [0.15, 0.2) is 0 Å². The zero-order valence-electron chi connectivity index (χ0n) is 15.9. The minimum absolute atomic E-state index is 0.0883. The predicted molar refractivity (Wildman–Crippen MR) is 99.7 cm³/mol. The number of alkyl halides is 3. The molecule has 2 heterocycles. The van der Waals surface area contributed by atoms with Crippen molar-refractivity contribution in [2.24, 2.45) is 5.92 Å². The highest BCUT2D eigenvalue weighted by molar-refractivity contribution is 7.89. The number of benzene rings is 1. The van der Waals surface area contributed by atoms with E-state index < -0.39 is 22.1 Å². The minimum atomic E-state index is -4.83. The molecule has 0 aliphatic carbocycles. The van der Waals surface area contributed by atoms with E-state index in [4.69, 9.17) is 4.42 Å². The van der Waals surface area contributed by atoms with Crippen molar-refractivity contribution in [1.82, 2.24) is 9.62 Å². The summed E-state index contributed by atoms with van der Waals surface area (Å²) < 4.78 is 73.8. The Labute approximate surface area is 167 Å². The number of likely N-dealkylation sites (tertiary alicyclic amines) is 1. The smallest absolute Gasteiger partial charge is 0.468 e. The Hall–Kier alpha value is -2.04. The quantitative estimate of drug-likeness (QED) is 0.718. The first-order chi connectivity index (χ1) is 13.6. The number of nitrogens with zero attached hydrogens (tertiary/aromatic N) is 1. The van der Waals surface area contributed by atoms with Crippen LogP contribution < -0.4 is 9.46 Å². The van der Waals surface area contributed by atoms with Crippen molar-refractivity contribution < 1.29 is 30.7 Å². The van der Waals surface area contributed by atoms with Gasteiger partial charge in [-0.3, -0.25) is 4.90 Å². The number of nitrogens with one attached hydrogen (secondary N) is 1. The highest BCUT2D eigenvalue weighted by atomic mass is 32.2. The predicted octanol–water partition coefficient (Wildman–Crippen LogP) is 3.93. The van der Waals surface area contributed by atoms with E-state index in [-0.39, 0.29) is 17.5 Å². The summed E-state index contributed by atoms with van der Waals surface area (Å²) in [5, 5.41) is 0. The maximum atomic E-state index is 12.6. The highest BCUT2D eigenvalue weighted by Crippen LogP contribution is 2.28. The number of hydrogen-bond donors (Lipinski definition) is 1. The second-order valence-electron chi connectivity index (χ2n) is 7.12. The number of hydrogen-bond acceptors (Lipinski definition) is 5. The molecule has 1 atom stereocenters. The molecule has 6 nitrogen and oxygen atoms in total. The number of halogens is 3. The molecule has 1 saturated heterocycles. The fraction of sp³-hybridized carbons (Fsp3) is 0.474. The standard InChI is InChI=1S/C19H23F3N2O4S/c1-14-8-10-24(11-9-14)17(18-3-2-12-27-18)13-23-29(25,26)16-6-4-15(5-7-16)28-19(20,21)22/h2-7,12,14,17,23H,8-11,13H2,1H3. The van der Waals surface area contributed by atoms with Gasteiger partial charge in [0.05, 0.1) is 17.2 Å². The summed E-state index contributed by atoms with van der Waals surface area (Å²) in [6.07, 6.45) is -1.25. The summed E-state index contributed by atoms with van der Waals surface area (Å²) in [4.78, 5) is 2.04. The van der Waals surface area contributed by atoms with E-state index in [9.17, 15) is 21.6 Å². The van der Waals surface area contributed by atoms with Gasteiger partial charge in [-0.15, -0.1) is 13.2 Å². The molecular formula is C19H23F3N2O4S. The zero-order valence-corrected chi connectivity index (χ0v) is 16.7. The van der Waals surface area contributed by atoms with Crippen molar-refractivity contribution in [2.75, 3.05) is 19.6 Å². The lowest BCUT2D eigenvalue weighted by Crippen LogP contribution is -2.41. The maximum absolute atomic E-state index is 12.6. The molecule has 1 aromatic carbocycles. The fourth-order valence-electron chi connectivity index (χ4n) is 3.32. The monoisotopic (exact) mass is 432 g/mol. The summed E-state index contributed by atoms with van der Waals surface area (Å²) in [7, 11) is -3.91. The zero-order chi connectivity index (χ0) is 21.1. The van der Waals surface area contributed by atoms with E-state index in [2.05, 4.69) is 21.3 Å². The van der Waals surface area contributed by atoms with E-state index in [0.717, 1.165) is 50.2 Å². The molecule has 2 aromatic rings. The highest BCUT2D eigenvalue weighted by Gasteiger charge is 2.31. The van der Waals surface area contributed by atoms with Gasteiger partial charge in [-0.25, -0.2) is 13.1 Å². The van der Waals surface area contributed by atoms with Gasteiger partial charge in [0.2, 0.25) is 10.0 Å². The average Bonchev–Trinajstić information content (AvgIpc) is 3.17. The van der Waals surface area contributed by atoms with Crippen LogP contribution in [-0.4, -0.2) is 39.3 Å². The third-order valence-corrected chi connectivity index (χ3v) is 6.40. The number of ether oxygens (including phenoxy) is 1. The summed E-state index contributed by atoms with van der Waals surface area (Å²) >= 11 is 0. The van der Waals surface area contributed by atoms with Crippen LogP contribution in [0.3, 0.4) is 0 Å². The van der Waals surface area contributed by atoms with Crippen molar-refractivity contribution in [2.45, 2.75) is 37.1 Å². The molecule has 29 heavy (non-hydrogen) atoms. The summed E-state index contributed by atoms with van der Waals surface area (Å²) in [6.45, 7) is 3.94. The summed E-state index contributed by atoms with van der Waals surface area (Å²) in [5.74, 6) is 0.807. The third-order valence-electron chi connectivity index (χ3n) is 4.96. The van der Waals surface area contributed by atoms with Crippen LogP contribution in [0, 0.1) is 5.92 Å². The molecule has 1 N–H and O–H groups in total. The molecule has 0 bridgehead atoms. The second-order valence-corrected chi connectivity index (χ2v) is 8.89. The van der Waals surface area contributed by atoms with Crippen LogP contribution in [0.15, 0.2) is 52.0 Å². The van der Waals surface area contributed by atoms with E-state index in [1.165, 1.54) is 0 Å². The van der Waals surface area contributed by atoms with Crippen LogP contribution in [0.5, 0.6) is 5.75 Å². The first kappa shape index (κ1) is 21.7. The molecule has 1 aromatic heterocycles. The molecule has 0 amide bonds. The van der Waals surface area contributed by atoms with Gasteiger partial charge >= 0.3 is 6.36 Å². The van der Waals surface area contributed by atoms with Gasteiger partial charge in [0, 0.05) is 6.54 Å². The van der Waals surface area contributed by atoms with Crippen molar-refractivity contribution in [3.05, 3.63) is 48.4 Å². The van der Waals surface area contributed by atoms with Crippen molar-refractivity contribution in [1.29, 1.82) is 0 Å². The molecule has 1 unspecified atom stereocenters. The summed E-state index contributed by atoms with van der Waals surface area (Å²) in [5.41, 5.74) is 0. The Morgan fingerprint density at radius 1 is 1.21 bits per heavy atom. The van der Waals surface area contributed by atoms with E-state index in [0.29, 0.717) is 11.7 Å². The van der Waals surface area contributed by atoms with E-state index in [1.807, 2.05) is 0 Å². The van der Waals surface area contributed by atoms with E-state index >= 15 is 0 Å². The molecule has 0 saturated carbocycles. The lowest BCUT2D eigenvalue weighted by Gasteiger charge is -2.35. The minimum Gasteiger partial charge on any atom is -0.468 e. The Morgan fingerprint density at radius 2 is 1.86 bits per heavy atom. The first-order valence-corrected chi connectivity index (χ1v) is 10.8. The number of rotatable bonds is 7. The molecule has 160 valence electrons. The van der Waals surface area contributed by atoms with Crippen LogP contribution in [0.4, 0.5) is 13.2 Å². The topological polar surface area (TPSA) is 71.8 Å². The van der Waals surface area contributed by atoms with Crippen LogP contribution in [0.1, 0.15) is 31.6 Å². The van der Waals surface area contributed by atoms with Crippen LogP contribution in [0.25, 0.3) is 0 Å². The molecule has 1 fully saturated rings. The van der Waals surface area contributed by atoms with Crippen molar-refractivity contribution in [3.8, 4) is 5.75 Å².